The molecule has 0 radical (unpaired) electrons. The van der Waals surface area contributed by atoms with Gasteiger partial charge in [-0.2, -0.15) is 0 Å². The molecule has 4 nitrogen and oxygen atoms in total. The van der Waals surface area contributed by atoms with E-state index in [4.69, 9.17) is 11.6 Å². The first kappa shape index (κ1) is 13.6. The fraction of sp³-hybridized carbons (Fsp3) is 0. The number of benzene rings is 2. The van der Waals surface area contributed by atoms with Gasteiger partial charge in [-0.1, -0.05) is 17.7 Å². The van der Waals surface area contributed by atoms with Crippen LogP contribution in [0.4, 0.5) is 4.39 Å². The van der Waals surface area contributed by atoms with Crippen molar-refractivity contribution in [2.75, 3.05) is 0 Å². The van der Waals surface area contributed by atoms with Gasteiger partial charge in [-0.25, -0.2) is 12.8 Å². The van der Waals surface area contributed by atoms with Crippen molar-refractivity contribution in [3.8, 4) is 11.5 Å². The minimum Gasteiger partial charge on any atom is -0.504 e. The average Bonchev–Trinajstić information content (AvgIpc) is 2.33. The lowest BCUT2D eigenvalue weighted by molar-refractivity contribution is 0.402. The molecule has 0 atom stereocenters. The summed E-state index contributed by atoms with van der Waals surface area (Å²) in [4.78, 5) is -0.699. The second-order valence-corrected chi connectivity index (χ2v) is 6.06. The molecule has 0 aliphatic heterocycles. The Bertz CT molecular complexity index is 743. The zero-order valence-electron chi connectivity index (χ0n) is 9.34. The summed E-state index contributed by atoms with van der Waals surface area (Å²) >= 11 is 5.73. The SMILES string of the molecule is O=S(=O)(c1cccc(F)c1)c1cc(O)c(O)cc1Cl. The van der Waals surface area contributed by atoms with Crippen LogP contribution in [-0.4, -0.2) is 18.6 Å². The minimum atomic E-state index is -4.07. The number of aromatic hydroxyl groups is 2. The summed E-state index contributed by atoms with van der Waals surface area (Å²) in [7, 11) is -4.07. The molecule has 2 aromatic carbocycles. The minimum absolute atomic E-state index is 0.264. The fourth-order valence-corrected chi connectivity index (χ4v) is 3.32. The molecule has 2 aromatic rings. The highest BCUT2D eigenvalue weighted by Crippen LogP contribution is 2.36. The molecule has 0 aliphatic rings. The molecule has 0 amide bonds. The van der Waals surface area contributed by atoms with E-state index in [1.54, 1.807) is 0 Å². The molecular weight excluding hydrogens is 295 g/mol. The molecule has 0 fully saturated rings. The van der Waals surface area contributed by atoms with Crippen LogP contribution in [0.15, 0.2) is 46.2 Å². The van der Waals surface area contributed by atoms with Gasteiger partial charge in [0.2, 0.25) is 9.84 Å². The Morgan fingerprint density at radius 3 is 2.32 bits per heavy atom. The number of sulfone groups is 1. The van der Waals surface area contributed by atoms with Gasteiger partial charge >= 0.3 is 0 Å². The van der Waals surface area contributed by atoms with Crippen LogP contribution in [0.3, 0.4) is 0 Å². The van der Waals surface area contributed by atoms with Crippen LogP contribution in [0.25, 0.3) is 0 Å². The van der Waals surface area contributed by atoms with Crippen LogP contribution in [0.5, 0.6) is 11.5 Å². The summed E-state index contributed by atoms with van der Waals surface area (Å²) in [6.07, 6.45) is 0. The number of hydrogen-bond acceptors (Lipinski definition) is 4. The van der Waals surface area contributed by atoms with Crippen LogP contribution in [0.2, 0.25) is 5.02 Å². The lowest BCUT2D eigenvalue weighted by Gasteiger charge is -2.08. The first-order valence-corrected chi connectivity index (χ1v) is 6.90. The Kier molecular flexibility index (Phi) is 3.38. The lowest BCUT2D eigenvalue weighted by Crippen LogP contribution is -2.03. The van der Waals surface area contributed by atoms with E-state index in [0.717, 1.165) is 24.3 Å². The smallest absolute Gasteiger partial charge is 0.208 e. The van der Waals surface area contributed by atoms with Gasteiger partial charge in [-0.3, -0.25) is 0 Å². The van der Waals surface area contributed by atoms with E-state index in [1.807, 2.05) is 0 Å². The quantitative estimate of drug-likeness (QED) is 0.837. The van der Waals surface area contributed by atoms with Gasteiger partial charge in [0.15, 0.2) is 11.5 Å². The summed E-state index contributed by atoms with van der Waals surface area (Å²) in [5, 5.41) is 18.3. The summed E-state index contributed by atoms with van der Waals surface area (Å²) in [6.45, 7) is 0. The standard InChI is InChI=1S/C12H8ClFO4S/c13-9-5-10(15)11(16)6-12(9)19(17,18)8-3-1-2-7(14)4-8/h1-6,15-16H. The highest BCUT2D eigenvalue weighted by Gasteiger charge is 2.23. The highest BCUT2D eigenvalue weighted by atomic mass is 35.5. The molecule has 0 aromatic heterocycles. The number of phenolic OH excluding ortho intramolecular Hbond substituents is 2. The summed E-state index contributed by atoms with van der Waals surface area (Å²) in [6, 6.07) is 6.13. The average molecular weight is 303 g/mol. The second-order valence-electron chi connectivity index (χ2n) is 3.73. The highest BCUT2D eigenvalue weighted by molar-refractivity contribution is 7.91. The van der Waals surface area contributed by atoms with Crippen molar-refractivity contribution in [1.82, 2.24) is 0 Å². The number of hydrogen-bond donors (Lipinski definition) is 2. The fourth-order valence-electron chi connectivity index (χ4n) is 1.50. The normalized spacial score (nSPS) is 11.5. The van der Waals surface area contributed by atoms with Crippen molar-refractivity contribution in [3.63, 3.8) is 0 Å². The van der Waals surface area contributed by atoms with E-state index in [0.29, 0.717) is 0 Å². The molecular formula is C12H8ClFO4S. The van der Waals surface area contributed by atoms with E-state index in [-0.39, 0.29) is 9.92 Å². The van der Waals surface area contributed by atoms with E-state index in [9.17, 15) is 23.0 Å². The van der Waals surface area contributed by atoms with Crippen molar-refractivity contribution in [2.24, 2.45) is 0 Å². The maximum Gasteiger partial charge on any atom is 0.208 e. The first-order chi connectivity index (χ1) is 8.82. The Hall–Kier alpha value is -1.79. The molecule has 7 heteroatoms. The van der Waals surface area contributed by atoms with Crippen molar-refractivity contribution in [2.45, 2.75) is 9.79 Å². The largest absolute Gasteiger partial charge is 0.504 e. The predicted molar refractivity (Wildman–Crippen MR) is 66.6 cm³/mol. The predicted octanol–water partition coefficient (Wildman–Crippen LogP) is 2.72. The van der Waals surface area contributed by atoms with E-state index in [2.05, 4.69) is 0 Å². The second kappa shape index (κ2) is 4.71. The van der Waals surface area contributed by atoms with E-state index in [1.165, 1.54) is 12.1 Å². The third kappa shape index (κ3) is 2.50. The van der Waals surface area contributed by atoms with Crippen LogP contribution in [-0.2, 0) is 9.84 Å². The maximum atomic E-state index is 13.1. The number of phenols is 2. The molecule has 0 spiro atoms. The zero-order chi connectivity index (χ0) is 14.2. The number of rotatable bonds is 2. The van der Waals surface area contributed by atoms with E-state index < -0.39 is 32.0 Å². The van der Waals surface area contributed by atoms with Gasteiger partial charge in [0.25, 0.3) is 0 Å². The Morgan fingerprint density at radius 1 is 1.05 bits per heavy atom. The first-order valence-electron chi connectivity index (χ1n) is 5.04. The van der Waals surface area contributed by atoms with Crippen molar-refractivity contribution in [1.29, 1.82) is 0 Å². The van der Waals surface area contributed by atoms with E-state index >= 15 is 0 Å². The summed E-state index contributed by atoms with van der Waals surface area (Å²) < 4.78 is 37.5. The summed E-state index contributed by atoms with van der Waals surface area (Å²) in [5.74, 6) is -1.87. The van der Waals surface area contributed by atoms with Crippen LogP contribution >= 0.6 is 11.6 Å². The molecule has 100 valence electrons. The lowest BCUT2D eigenvalue weighted by atomic mass is 10.3. The molecule has 0 unspecified atom stereocenters. The molecule has 19 heavy (non-hydrogen) atoms. The molecule has 2 rings (SSSR count). The van der Waals surface area contributed by atoms with Gasteiger partial charge in [0.05, 0.1) is 14.8 Å². The molecule has 0 aliphatic carbocycles. The Labute approximate surface area is 113 Å². The van der Waals surface area contributed by atoms with Gasteiger partial charge in [0.1, 0.15) is 5.82 Å². The molecule has 0 bridgehead atoms. The van der Waals surface area contributed by atoms with Crippen LogP contribution in [0.1, 0.15) is 0 Å². The summed E-state index contributed by atoms with van der Waals surface area (Å²) in [5.41, 5.74) is 0. The molecule has 0 saturated heterocycles. The zero-order valence-corrected chi connectivity index (χ0v) is 10.9. The van der Waals surface area contributed by atoms with Gasteiger partial charge < -0.3 is 10.2 Å². The monoisotopic (exact) mass is 302 g/mol. The van der Waals surface area contributed by atoms with Gasteiger partial charge in [-0.05, 0) is 18.2 Å². The van der Waals surface area contributed by atoms with Crippen LogP contribution < -0.4 is 0 Å². The third-order valence-electron chi connectivity index (χ3n) is 2.42. The Balaban J connectivity index is 2.67. The molecule has 0 saturated carbocycles. The molecule has 0 heterocycles. The third-order valence-corrected chi connectivity index (χ3v) is 4.64. The maximum absolute atomic E-state index is 13.1. The Morgan fingerprint density at radius 2 is 1.68 bits per heavy atom. The molecule has 2 N–H and O–H groups in total. The van der Waals surface area contributed by atoms with Gasteiger partial charge in [0, 0.05) is 12.1 Å². The van der Waals surface area contributed by atoms with Crippen molar-refractivity contribution < 1.29 is 23.0 Å². The van der Waals surface area contributed by atoms with Crippen molar-refractivity contribution >= 4 is 21.4 Å². The van der Waals surface area contributed by atoms with Crippen LogP contribution in [0, 0.1) is 5.82 Å². The van der Waals surface area contributed by atoms with Crippen molar-refractivity contribution in [3.05, 3.63) is 47.2 Å². The topological polar surface area (TPSA) is 74.6 Å². The number of halogens is 2. The van der Waals surface area contributed by atoms with Gasteiger partial charge in [-0.15, -0.1) is 0 Å².